The third-order valence-electron chi connectivity index (χ3n) is 2.13. The first-order chi connectivity index (χ1) is 6.86. The highest BCUT2D eigenvalue weighted by atomic mass is 19.4. The quantitative estimate of drug-likeness (QED) is 0.757. The summed E-state index contributed by atoms with van der Waals surface area (Å²) in [4.78, 5) is 0. The Balaban J connectivity index is 3.08. The van der Waals surface area contributed by atoms with Crippen molar-refractivity contribution in [3.63, 3.8) is 0 Å². The van der Waals surface area contributed by atoms with Crippen molar-refractivity contribution in [3.05, 3.63) is 35.1 Å². The second kappa shape index (κ2) is 4.18. The van der Waals surface area contributed by atoms with Gasteiger partial charge in [-0.25, -0.2) is 4.39 Å². The molecule has 0 aliphatic carbocycles. The number of rotatable bonds is 2. The molecule has 0 spiro atoms. The molecule has 0 heterocycles. The number of halogens is 4. The van der Waals surface area contributed by atoms with E-state index < -0.39 is 18.0 Å². The normalized spacial score (nSPS) is 14.0. The molecule has 0 aromatic heterocycles. The Bertz CT molecular complexity index is 346. The fourth-order valence-corrected chi connectivity index (χ4v) is 1.37. The van der Waals surface area contributed by atoms with Gasteiger partial charge in [-0.2, -0.15) is 13.2 Å². The highest BCUT2D eigenvalue weighted by Gasteiger charge is 2.39. The van der Waals surface area contributed by atoms with Crippen LogP contribution in [-0.2, 0) is 0 Å². The minimum absolute atomic E-state index is 0.0175. The highest BCUT2D eigenvalue weighted by molar-refractivity contribution is 5.27. The molecular weight excluding hydrogens is 210 g/mol. The van der Waals surface area contributed by atoms with Gasteiger partial charge in [0.25, 0.3) is 0 Å². The fraction of sp³-hybridized carbons (Fsp3) is 0.400. The van der Waals surface area contributed by atoms with E-state index >= 15 is 0 Å². The largest absolute Gasteiger partial charge is 0.407 e. The van der Waals surface area contributed by atoms with Gasteiger partial charge in [0.2, 0.25) is 0 Å². The van der Waals surface area contributed by atoms with Gasteiger partial charge in [-0.1, -0.05) is 12.1 Å². The Labute approximate surface area is 85.1 Å². The fourth-order valence-electron chi connectivity index (χ4n) is 1.37. The SMILES string of the molecule is CNC(c1ccc(F)c(C)c1)C(F)(F)F. The number of hydrogen-bond acceptors (Lipinski definition) is 1. The second-order valence-corrected chi connectivity index (χ2v) is 3.27. The van der Waals surface area contributed by atoms with Gasteiger partial charge in [-0.05, 0) is 31.2 Å². The van der Waals surface area contributed by atoms with E-state index in [2.05, 4.69) is 5.32 Å². The van der Waals surface area contributed by atoms with Gasteiger partial charge in [0, 0.05) is 0 Å². The summed E-state index contributed by atoms with van der Waals surface area (Å²) >= 11 is 0. The number of nitrogens with one attached hydrogen (secondary N) is 1. The van der Waals surface area contributed by atoms with Gasteiger partial charge in [0.05, 0.1) is 0 Å². The lowest BCUT2D eigenvalue weighted by atomic mass is 10.0. The zero-order valence-corrected chi connectivity index (χ0v) is 8.32. The highest BCUT2D eigenvalue weighted by Crippen LogP contribution is 2.32. The molecule has 0 fully saturated rings. The lowest BCUT2D eigenvalue weighted by Gasteiger charge is -2.20. The van der Waals surface area contributed by atoms with Crippen LogP contribution in [0, 0.1) is 12.7 Å². The predicted octanol–water partition coefficient (Wildman–Crippen LogP) is 2.96. The Kier molecular flexibility index (Phi) is 3.34. The average Bonchev–Trinajstić information content (AvgIpc) is 2.10. The average molecular weight is 221 g/mol. The van der Waals surface area contributed by atoms with Crippen molar-refractivity contribution in [2.75, 3.05) is 7.05 Å². The molecule has 0 aliphatic heterocycles. The summed E-state index contributed by atoms with van der Waals surface area (Å²) in [7, 11) is 1.22. The molecule has 84 valence electrons. The van der Waals surface area contributed by atoms with Crippen molar-refractivity contribution in [2.45, 2.75) is 19.1 Å². The zero-order valence-electron chi connectivity index (χ0n) is 8.32. The van der Waals surface area contributed by atoms with E-state index in [1.165, 1.54) is 20.0 Å². The zero-order chi connectivity index (χ0) is 11.6. The number of alkyl halides is 3. The number of benzene rings is 1. The van der Waals surface area contributed by atoms with E-state index in [0.717, 1.165) is 12.1 Å². The van der Waals surface area contributed by atoms with Crippen molar-refractivity contribution < 1.29 is 17.6 Å². The lowest BCUT2D eigenvalue weighted by molar-refractivity contribution is -0.156. The molecule has 0 saturated heterocycles. The minimum Gasteiger partial charge on any atom is -0.306 e. The molecule has 15 heavy (non-hydrogen) atoms. The summed E-state index contributed by atoms with van der Waals surface area (Å²) in [6, 6.07) is 1.62. The summed E-state index contributed by atoms with van der Waals surface area (Å²) in [6.07, 6.45) is -4.38. The summed E-state index contributed by atoms with van der Waals surface area (Å²) in [5.41, 5.74) is 0.223. The van der Waals surface area contributed by atoms with E-state index in [1.54, 1.807) is 0 Å². The maximum Gasteiger partial charge on any atom is 0.407 e. The summed E-state index contributed by atoms with van der Waals surface area (Å²) in [5, 5.41) is 2.16. The predicted molar refractivity (Wildman–Crippen MR) is 49.0 cm³/mol. The minimum atomic E-state index is -4.38. The Morgan fingerprint density at radius 3 is 2.27 bits per heavy atom. The second-order valence-electron chi connectivity index (χ2n) is 3.27. The van der Waals surface area contributed by atoms with Crippen molar-refractivity contribution in [2.24, 2.45) is 0 Å². The molecule has 1 N–H and O–H groups in total. The number of aryl methyl sites for hydroxylation is 1. The van der Waals surface area contributed by atoms with Crippen LogP contribution in [0.2, 0.25) is 0 Å². The summed E-state index contributed by atoms with van der Waals surface area (Å²) < 4.78 is 50.3. The molecule has 0 amide bonds. The molecule has 0 radical (unpaired) electrons. The van der Waals surface area contributed by atoms with Crippen LogP contribution in [0.5, 0.6) is 0 Å². The van der Waals surface area contributed by atoms with Crippen LogP contribution in [0.3, 0.4) is 0 Å². The van der Waals surface area contributed by atoms with E-state index in [-0.39, 0.29) is 11.1 Å². The number of hydrogen-bond donors (Lipinski definition) is 1. The van der Waals surface area contributed by atoms with Crippen molar-refractivity contribution >= 4 is 0 Å². The molecule has 1 aromatic carbocycles. The smallest absolute Gasteiger partial charge is 0.306 e. The van der Waals surface area contributed by atoms with Gasteiger partial charge in [-0.15, -0.1) is 0 Å². The lowest BCUT2D eigenvalue weighted by Crippen LogP contribution is -2.31. The standard InChI is InChI=1S/C10H11F4N/c1-6-5-7(3-4-8(6)11)9(15-2)10(12,13)14/h3-5,9,15H,1-2H3. The summed E-state index contributed by atoms with van der Waals surface area (Å²) in [6.45, 7) is 1.43. The molecule has 5 heteroatoms. The van der Waals surface area contributed by atoms with Crippen LogP contribution < -0.4 is 5.32 Å². The molecule has 0 aliphatic rings. The van der Waals surface area contributed by atoms with Gasteiger partial charge >= 0.3 is 6.18 Å². The first-order valence-corrected chi connectivity index (χ1v) is 4.36. The van der Waals surface area contributed by atoms with Crippen LogP contribution in [0.4, 0.5) is 17.6 Å². The van der Waals surface area contributed by atoms with Crippen LogP contribution in [0.25, 0.3) is 0 Å². The van der Waals surface area contributed by atoms with Gasteiger partial charge < -0.3 is 5.32 Å². The maximum atomic E-state index is 12.9. The first-order valence-electron chi connectivity index (χ1n) is 4.36. The first kappa shape index (κ1) is 12.0. The Hall–Kier alpha value is -1.10. The van der Waals surface area contributed by atoms with Crippen LogP contribution >= 0.6 is 0 Å². The molecule has 0 saturated carbocycles. The maximum absolute atomic E-state index is 12.9. The molecule has 1 aromatic rings. The van der Waals surface area contributed by atoms with Crippen LogP contribution in [-0.4, -0.2) is 13.2 Å². The van der Waals surface area contributed by atoms with Crippen LogP contribution in [0.15, 0.2) is 18.2 Å². The molecule has 1 nitrogen and oxygen atoms in total. The van der Waals surface area contributed by atoms with Crippen LogP contribution in [0.1, 0.15) is 17.2 Å². The Morgan fingerprint density at radius 1 is 1.27 bits per heavy atom. The molecule has 1 unspecified atom stereocenters. The Morgan fingerprint density at radius 2 is 1.87 bits per heavy atom. The van der Waals surface area contributed by atoms with Crippen molar-refractivity contribution in [3.8, 4) is 0 Å². The van der Waals surface area contributed by atoms with Gasteiger partial charge in [0.15, 0.2) is 0 Å². The van der Waals surface area contributed by atoms with Crippen molar-refractivity contribution in [1.82, 2.24) is 5.32 Å². The van der Waals surface area contributed by atoms with Gasteiger partial charge in [0.1, 0.15) is 11.9 Å². The monoisotopic (exact) mass is 221 g/mol. The van der Waals surface area contributed by atoms with Crippen molar-refractivity contribution in [1.29, 1.82) is 0 Å². The van der Waals surface area contributed by atoms with E-state index in [9.17, 15) is 17.6 Å². The van der Waals surface area contributed by atoms with E-state index in [4.69, 9.17) is 0 Å². The molecule has 0 bridgehead atoms. The molecule has 1 rings (SSSR count). The topological polar surface area (TPSA) is 12.0 Å². The molecular formula is C10H11F4N. The summed E-state index contributed by atoms with van der Waals surface area (Å²) in [5.74, 6) is -0.504. The third kappa shape index (κ3) is 2.68. The van der Waals surface area contributed by atoms with Gasteiger partial charge in [-0.3, -0.25) is 0 Å². The van der Waals surface area contributed by atoms with E-state index in [0.29, 0.717) is 0 Å². The third-order valence-corrected chi connectivity index (χ3v) is 2.13. The molecule has 1 atom stereocenters. The van der Waals surface area contributed by atoms with E-state index in [1.807, 2.05) is 0 Å².